The monoisotopic (exact) mass is 291 g/mol. The second-order valence-corrected chi connectivity index (χ2v) is 6.16. The van der Waals surface area contributed by atoms with E-state index in [1.165, 1.54) is 28.5 Å². The van der Waals surface area contributed by atoms with Gasteiger partial charge < -0.3 is 10.1 Å². The average molecular weight is 291 g/mol. The Kier molecular flexibility index (Phi) is 6.51. The number of hydrogen-bond donors (Lipinski definition) is 1. The van der Waals surface area contributed by atoms with E-state index in [2.05, 4.69) is 41.9 Å². The first-order valence-electron chi connectivity index (χ1n) is 7.52. The minimum Gasteiger partial charge on any atom is -0.385 e. The van der Waals surface area contributed by atoms with Crippen LogP contribution in [-0.4, -0.2) is 26.3 Å². The first kappa shape index (κ1) is 15.5. The van der Waals surface area contributed by atoms with Crippen molar-refractivity contribution in [1.82, 2.24) is 5.32 Å². The summed E-state index contributed by atoms with van der Waals surface area (Å²) in [5, 5.41) is 7.43. The minimum absolute atomic E-state index is 0.558. The molecule has 0 aliphatic rings. The van der Waals surface area contributed by atoms with Crippen molar-refractivity contribution in [3.63, 3.8) is 0 Å². The van der Waals surface area contributed by atoms with Crippen molar-refractivity contribution < 1.29 is 4.74 Å². The Labute approximate surface area is 126 Å². The first-order valence-corrected chi connectivity index (χ1v) is 8.40. The van der Waals surface area contributed by atoms with E-state index in [1.807, 2.05) is 11.3 Å². The average Bonchev–Trinajstić information content (AvgIpc) is 2.88. The van der Waals surface area contributed by atoms with Crippen LogP contribution in [0.4, 0.5) is 0 Å². The fourth-order valence-electron chi connectivity index (χ4n) is 2.56. The van der Waals surface area contributed by atoms with Crippen molar-refractivity contribution in [2.75, 3.05) is 20.3 Å². The van der Waals surface area contributed by atoms with E-state index in [0.717, 1.165) is 26.0 Å². The summed E-state index contributed by atoms with van der Waals surface area (Å²) in [4.78, 5) is 0. The molecule has 0 fully saturated rings. The van der Waals surface area contributed by atoms with Gasteiger partial charge in [-0.1, -0.05) is 25.1 Å². The molecule has 0 saturated heterocycles. The molecule has 110 valence electrons. The van der Waals surface area contributed by atoms with Gasteiger partial charge in [-0.25, -0.2) is 0 Å². The van der Waals surface area contributed by atoms with Crippen LogP contribution in [0.5, 0.6) is 0 Å². The summed E-state index contributed by atoms with van der Waals surface area (Å²) in [6.07, 6.45) is 4.61. The molecule has 0 spiro atoms. The lowest BCUT2D eigenvalue weighted by molar-refractivity contribution is 0.188. The molecule has 1 N–H and O–H groups in total. The van der Waals surface area contributed by atoms with E-state index in [4.69, 9.17) is 4.74 Å². The summed E-state index contributed by atoms with van der Waals surface area (Å²) in [6, 6.07) is 9.27. The van der Waals surface area contributed by atoms with Crippen molar-refractivity contribution in [3.05, 3.63) is 35.2 Å². The molecule has 0 amide bonds. The maximum Gasteiger partial charge on any atom is 0.0462 e. The number of fused-ring (bicyclic) bond motifs is 1. The van der Waals surface area contributed by atoms with Gasteiger partial charge in [-0.3, -0.25) is 0 Å². The van der Waals surface area contributed by atoms with Gasteiger partial charge in [-0.2, -0.15) is 0 Å². The molecule has 2 nitrogen and oxygen atoms in total. The van der Waals surface area contributed by atoms with Crippen molar-refractivity contribution >= 4 is 21.4 Å². The van der Waals surface area contributed by atoms with Crippen LogP contribution in [0.15, 0.2) is 29.6 Å². The lowest BCUT2D eigenvalue weighted by Gasteiger charge is -2.18. The van der Waals surface area contributed by atoms with Crippen LogP contribution < -0.4 is 5.32 Å². The third-order valence-electron chi connectivity index (χ3n) is 3.61. The van der Waals surface area contributed by atoms with E-state index >= 15 is 0 Å². The van der Waals surface area contributed by atoms with Crippen LogP contribution in [0.3, 0.4) is 0 Å². The highest BCUT2D eigenvalue weighted by Crippen LogP contribution is 2.27. The molecule has 2 rings (SSSR count). The maximum absolute atomic E-state index is 5.18. The van der Waals surface area contributed by atoms with Gasteiger partial charge in [0.25, 0.3) is 0 Å². The number of ether oxygens (including phenoxy) is 1. The lowest BCUT2D eigenvalue weighted by atomic mass is 10.0. The smallest absolute Gasteiger partial charge is 0.0462 e. The number of thiophene rings is 1. The second-order valence-electron chi connectivity index (χ2n) is 5.25. The lowest BCUT2D eigenvalue weighted by Crippen LogP contribution is -2.32. The Hall–Kier alpha value is -0.900. The molecule has 1 unspecified atom stereocenters. The molecule has 1 aromatic carbocycles. The van der Waals surface area contributed by atoms with E-state index in [9.17, 15) is 0 Å². The summed E-state index contributed by atoms with van der Waals surface area (Å²) < 4.78 is 6.57. The van der Waals surface area contributed by atoms with Crippen LogP contribution in [0.25, 0.3) is 10.1 Å². The van der Waals surface area contributed by atoms with Gasteiger partial charge in [-0.15, -0.1) is 11.3 Å². The summed E-state index contributed by atoms with van der Waals surface area (Å²) in [5.74, 6) is 0. The third kappa shape index (κ3) is 4.30. The van der Waals surface area contributed by atoms with Gasteiger partial charge in [0.15, 0.2) is 0 Å². The van der Waals surface area contributed by atoms with Crippen molar-refractivity contribution in [2.45, 2.75) is 38.6 Å². The summed E-state index contributed by atoms with van der Waals surface area (Å²) in [7, 11) is 1.78. The molecule has 1 atom stereocenters. The largest absolute Gasteiger partial charge is 0.385 e. The number of benzene rings is 1. The van der Waals surface area contributed by atoms with Crippen LogP contribution in [-0.2, 0) is 11.2 Å². The predicted molar refractivity (Wildman–Crippen MR) is 88.7 cm³/mol. The van der Waals surface area contributed by atoms with Crippen molar-refractivity contribution in [3.8, 4) is 0 Å². The SMILES string of the molecule is CCCNC(CCCOC)Cc1csc2ccccc12. The number of rotatable bonds is 9. The van der Waals surface area contributed by atoms with Crippen LogP contribution >= 0.6 is 11.3 Å². The molecular formula is C17H25NOS. The summed E-state index contributed by atoms with van der Waals surface area (Å²) in [5.41, 5.74) is 1.48. The molecule has 3 heteroatoms. The minimum atomic E-state index is 0.558. The summed E-state index contributed by atoms with van der Waals surface area (Å²) in [6.45, 7) is 4.17. The maximum atomic E-state index is 5.18. The van der Waals surface area contributed by atoms with Gasteiger partial charge in [0.05, 0.1) is 0 Å². The molecule has 0 saturated carbocycles. The fourth-order valence-corrected chi connectivity index (χ4v) is 3.53. The molecule has 1 heterocycles. The quantitative estimate of drug-likeness (QED) is 0.698. The zero-order valence-electron chi connectivity index (χ0n) is 12.5. The zero-order valence-corrected chi connectivity index (χ0v) is 13.3. The van der Waals surface area contributed by atoms with Gasteiger partial charge >= 0.3 is 0 Å². The molecule has 0 radical (unpaired) electrons. The molecule has 1 aromatic heterocycles. The Morgan fingerprint density at radius 3 is 2.95 bits per heavy atom. The molecule has 20 heavy (non-hydrogen) atoms. The first-order chi connectivity index (χ1) is 9.85. The standard InChI is InChI=1S/C17H25NOS/c1-3-10-18-15(7-6-11-19-2)12-14-13-20-17-9-5-4-8-16(14)17/h4-5,8-9,13,15,18H,3,6-7,10-12H2,1-2H3. The van der Waals surface area contributed by atoms with E-state index in [0.29, 0.717) is 6.04 Å². The number of methoxy groups -OCH3 is 1. The van der Waals surface area contributed by atoms with Crippen LogP contribution in [0.1, 0.15) is 31.7 Å². The zero-order chi connectivity index (χ0) is 14.2. The predicted octanol–water partition coefficient (Wildman–Crippen LogP) is 4.24. The highest BCUT2D eigenvalue weighted by atomic mass is 32.1. The molecule has 2 aromatic rings. The third-order valence-corrected chi connectivity index (χ3v) is 4.62. The highest BCUT2D eigenvalue weighted by molar-refractivity contribution is 7.17. The second kappa shape index (κ2) is 8.40. The van der Waals surface area contributed by atoms with Gasteiger partial charge in [0.1, 0.15) is 0 Å². The Morgan fingerprint density at radius 1 is 1.30 bits per heavy atom. The van der Waals surface area contributed by atoms with E-state index in [1.54, 1.807) is 7.11 Å². The summed E-state index contributed by atoms with van der Waals surface area (Å²) >= 11 is 1.86. The van der Waals surface area contributed by atoms with Gasteiger partial charge in [0, 0.05) is 24.5 Å². The Balaban J connectivity index is 2.01. The van der Waals surface area contributed by atoms with Crippen molar-refractivity contribution in [1.29, 1.82) is 0 Å². The Bertz CT molecular complexity index is 508. The molecular weight excluding hydrogens is 266 g/mol. The van der Waals surface area contributed by atoms with E-state index in [-0.39, 0.29) is 0 Å². The van der Waals surface area contributed by atoms with Gasteiger partial charge in [-0.05, 0) is 54.6 Å². The van der Waals surface area contributed by atoms with Gasteiger partial charge in [0.2, 0.25) is 0 Å². The van der Waals surface area contributed by atoms with Crippen LogP contribution in [0.2, 0.25) is 0 Å². The molecule has 0 aliphatic carbocycles. The highest BCUT2D eigenvalue weighted by Gasteiger charge is 2.11. The topological polar surface area (TPSA) is 21.3 Å². The number of hydrogen-bond acceptors (Lipinski definition) is 3. The fraction of sp³-hybridized carbons (Fsp3) is 0.529. The molecule has 0 bridgehead atoms. The van der Waals surface area contributed by atoms with Crippen molar-refractivity contribution in [2.24, 2.45) is 0 Å². The van der Waals surface area contributed by atoms with E-state index < -0.39 is 0 Å². The Morgan fingerprint density at radius 2 is 2.15 bits per heavy atom. The van der Waals surface area contributed by atoms with Crippen LogP contribution in [0, 0.1) is 0 Å². The molecule has 0 aliphatic heterocycles. The normalized spacial score (nSPS) is 12.9. The number of nitrogens with one attached hydrogen (secondary N) is 1.